The lowest BCUT2D eigenvalue weighted by atomic mass is 10.0. The van der Waals surface area contributed by atoms with Gasteiger partial charge in [-0.1, -0.05) is 27.7 Å². The SMILES string of the molecule is CC(C)NCCC(C)N1CC(C)C(C)C1. The van der Waals surface area contributed by atoms with E-state index in [1.807, 2.05) is 0 Å². The molecular formula is C13H28N2. The van der Waals surface area contributed by atoms with Crippen LogP contribution in [-0.2, 0) is 0 Å². The van der Waals surface area contributed by atoms with E-state index in [2.05, 4.69) is 44.8 Å². The van der Waals surface area contributed by atoms with Gasteiger partial charge in [0.15, 0.2) is 0 Å². The zero-order chi connectivity index (χ0) is 11.4. The highest BCUT2D eigenvalue weighted by molar-refractivity contribution is 4.82. The Labute approximate surface area is 95.4 Å². The van der Waals surface area contributed by atoms with E-state index in [4.69, 9.17) is 0 Å². The van der Waals surface area contributed by atoms with Gasteiger partial charge < -0.3 is 10.2 Å². The van der Waals surface area contributed by atoms with Crippen LogP contribution in [-0.4, -0.2) is 36.6 Å². The van der Waals surface area contributed by atoms with Gasteiger partial charge in [-0.2, -0.15) is 0 Å². The first-order valence-corrected chi connectivity index (χ1v) is 6.48. The first-order chi connectivity index (χ1) is 7.00. The van der Waals surface area contributed by atoms with Gasteiger partial charge >= 0.3 is 0 Å². The van der Waals surface area contributed by atoms with Crippen LogP contribution in [0.3, 0.4) is 0 Å². The maximum atomic E-state index is 3.50. The second kappa shape index (κ2) is 5.86. The maximum absolute atomic E-state index is 3.50. The third-order valence-electron chi connectivity index (χ3n) is 3.75. The van der Waals surface area contributed by atoms with Crippen LogP contribution in [0.5, 0.6) is 0 Å². The molecule has 0 aliphatic carbocycles. The molecule has 1 aliphatic heterocycles. The van der Waals surface area contributed by atoms with Crippen molar-refractivity contribution in [2.75, 3.05) is 19.6 Å². The molecule has 0 spiro atoms. The van der Waals surface area contributed by atoms with Gasteiger partial charge in [-0.15, -0.1) is 0 Å². The summed E-state index contributed by atoms with van der Waals surface area (Å²) >= 11 is 0. The van der Waals surface area contributed by atoms with Crippen molar-refractivity contribution in [1.82, 2.24) is 10.2 Å². The van der Waals surface area contributed by atoms with Crippen molar-refractivity contribution >= 4 is 0 Å². The van der Waals surface area contributed by atoms with E-state index in [0.29, 0.717) is 6.04 Å². The molecule has 0 aromatic heterocycles. The van der Waals surface area contributed by atoms with Crippen LogP contribution in [0.1, 0.15) is 41.0 Å². The summed E-state index contributed by atoms with van der Waals surface area (Å²) in [7, 11) is 0. The van der Waals surface area contributed by atoms with Gasteiger partial charge in [0.25, 0.3) is 0 Å². The van der Waals surface area contributed by atoms with Crippen molar-refractivity contribution in [2.24, 2.45) is 11.8 Å². The standard InChI is InChI=1S/C13H28N2/c1-10(2)14-7-6-13(5)15-8-11(3)12(4)9-15/h10-14H,6-9H2,1-5H3. The predicted molar refractivity (Wildman–Crippen MR) is 67.1 cm³/mol. The zero-order valence-electron chi connectivity index (χ0n) is 11.1. The lowest BCUT2D eigenvalue weighted by molar-refractivity contribution is 0.234. The Morgan fingerprint density at radius 3 is 2.13 bits per heavy atom. The fourth-order valence-corrected chi connectivity index (χ4v) is 2.30. The van der Waals surface area contributed by atoms with Gasteiger partial charge in [0.1, 0.15) is 0 Å². The van der Waals surface area contributed by atoms with E-state index in [1.165, 1.54) is 19.5 Å². The Kier molecular flexibility index (Phi) is 5.07. The van der Waals surface area contributed by atoms with Crippen LogP contribution >= 0.6 is 0 Å². The van der Waals surface area contributed by atoms with E-state index in [0.717, 1.165) is 24.4 Å². The van der Waals surface area contributed by atoms with Crippen molar-refractivity contribution in [3.05, 3.63) is 0 Å². The molecular weight excluding hydrogens is 184 g/mol. The van der Waals surface area contributed by atoms with Crippen molar-refractivity contribution in [3.63, 3.8) is 0 Å². The average Bonchev–Trinajstić information content (AvgIpc) is 2.46. The Bertz CT molecular complexity index is 169. The van der Waals surface area contributed by atoms with Gasteiger partial charge in [0.05, 0.1) is 0 Å². The molecule has 90 valence electrons. The fraction of sp³-hybridized carbons (Fsp3) is 1.00. The Morgan fingerprint density at radius 1 is 1.13 bits per heavy atom. The van der Waals surface area contributed by atoms with E-state index >= 15 is 0 Å². The molecule has 0 bridgehead atoms. The smallest absolute Gasteiger partial charge is 0.00792 e. The first kappa shape index (κ1) is 13.0. The Hall–Kier alpha value is -0.0800. The summed E-state index contributed by atoms with van der Waals surface area (Å²) in [5.41, 5.74) is 0. The highest BCUT2D eigenvalue weighted by Crippen LogP contribution is 2.24. The van der Waals surface area contributed by atoms with Crippen molar-refractivity contribution in [2.45, 2.75) is 53.1 Å². The molecule has 0 radical (unpaired) electrons. The monoisotopic (exact) mass is 212 g/mol. The highest BCUT2D eigenvalue weighted by atomic mass is 15.2. The Balaban J connectivity index is 2.20. The van der Waals surface area contributed by atoms with Gasteiger partial charge in [0.2, 0.25) is 0 Å². The van der Waals surface area contributed by atoms with E-state index in [9.17, 15) is 0 Å². The molecule has 0 amide bonds. The number of nitrogens with one attached hydrogen (secondary N) is 1. The molecule has 0 aromatic rings. The fourth-order valence-electron chi connectivity index (χ4n) is 2.30. The minimum absolute atomic E-state index is 0.619. The number of nitrogens with zero attached hydrogens (tertiary/aromatic N) is 1. The first-order valence-electron chi connectivity index (χ1n) is 6.48. The molecule has 0 aromatic carbocycles. The molecule has 1 heterocycles. The number of hydrogen-bond acceptors (Lipinski definition) is 2. The van der Waals surface area contributed by atoms with E-state index < -0.39 is 0 Å². The van der Waals surface area contributed by atoms with Gasteiger partial charge in [0, 0.05) is 25.2 Å². The van der Waals surface area contributed by atoms with Crippen LogP contribution < -0.4 is 5.32 Å². The normalized spacial score (nSPS) is 30.0. The molecule has 15 heavy (non-hydrogen) atoms. The van der Waals surface area contributed by atoms with E-state index in [1.54, 1.807) is 0 Å². The molecule has 3 atom stereocenters. The van der Waals surface area contributed by atoms with Crippen LogP contribution in [0.4, 0.5) is 0 Å². The van der Waals surface area contributed by atoms with Crippen molar-refractivity contribution < 1.29 is 0 Å². The summed E-state index contributed by atoms with van der Waals surface area (Å²) in [6.45, 7) is 15.3. The topological polar surface area (TPSA) is 15.3 Å². The summed E-state index contributed by atoms with van der Waals surface area (Å²) in [6, 6.07) is 1.36. The summed E-state index contributed by atoms with van der Waals surface area (Å²) in [6.07, 6.45) is 1.28. The summed E-state index contributed by atoms with van der Waals surface area (Å²) in [5.74, 6) is 1.76. The van der Waals surface area contributed by atoms with Gasteiger partial charge in [-0.25, -0.2) is 0 Å². The molecule has 2 nitrogen and oxygen atoms in total. The number of likely N-dealkylation sites (tertiary alicyclic amines) is 1. The quantitative estimate of drug-likeness (QED) is 0.752. The molecule has 0 saturated carbocycles. The maximum Gasteiger partial charge on any atom is 0.00792 e. The Morgan fingerprint density at radius 2 is 1.67 bits per heavy atom. The second-order valence-electron chi connectivity index (χ2n) is 5.65. The number of rotatable bonds is 5. The molecule has 1 saturated heterocycles. The third kappa shape index (κ3) is 4.12. The van der Waals surface area contributed by atoms with Crippen LogP contribution in [0, 0.1) is 11.8 Å². The predicted octanol–water partition coefficient (Wildman–Crippen LogP) is 2.35. The molecule has 1 N–H and O–H groups in total. The summed E-state index contributed by atoms with van der Waals surface area (Å²) in [5, 5.41) is 3.50. The molecule has 2 heteroatoms. The molecule has 1 aliphatic rings. The van der Waals surface area contributed by atoms with Crippen molar-refractivity contribution in [1.29, 1.82) is 0 Å². The van der Waals surface area contributed by atoms with Crippen LogP contribution in [0.2, 0.25) is 0 Å². The molecule has 3 unspecified atom stereocenters. The highest BCUT2D eigenvalue weighted by Gasteiger charge is 2.28. The van der Waals surface area contributed by atoms with Gasteiger partial charge in [-0.3, -0.25) is 0 Å². The number of hydrogen-bond donors (Lipinski definition) is 1. The minimum atomic E-state index is 0.619. The van der Waals surface area contributed by atoms with Crippen molar-refractivity contribution in [3.8, 4) is 0 Å². The van der Waals surface area contributed by atoms with Crippen LogP contribution in [0.25, 0.3) is 0 Å². The molecule has 1 fully saturated rings. The van der Waals surface area contributed by atoms with Gasteiger partial charge in [-0.05, 0) is 31.7 Å². The van der Waals surface area contributed by atoms with Crippen LogP contribution in [0.15, 0.2) is 0 Å². The largest absolute Gasteiger partial charge is 0.314 e. The van der Waals surface area contributed by atoms with E-state index in [-0.39, 0.29) is 0 Å². The lowest BCUT2D eigenvalue weighted by Crippen LogP contribution is -2.35. The molecule has 1 rings (SSSR count). The zero-order valence-corrected chi connectivity index (χ0v) is 11.1. The summed E-state index contributed by atoms with van der Waals surface area (Å²) in [4.78, 5) is 2.65. The third-order valence-corrected chi connectivity index (χ3v) is 3.75. The second-order valence-corrected chi connectivity index (χ2v) is 5.65. The summed E-state index contributed by atoms with van der Waals surface area (Å²) < 4.78 is 0. The minimum Gasteiger partial charge on any atom is -0.314 e. The average molecular weight is 212 g/mol. The lowest BCUT2D eigenvalue weighted by Gasteiger charge is -2.24.